The molecular weight excluding hydrogens is 454 g/mol. The van der Waals surface area contributed by atoms with Gasteiger partial charge in [-0.15, -0.1) is 0 Å². The van der Waals surface area contributed by atoms with Crippen LogP contribution in [0.25, 0.3) is 16.7 Å². The predicted octanol–water partition coefficient (Wildman–Crippen LogP) is 3.62. The minimum Gasteiger partial charge on any atom is -0.468 e. The summed E-state index contributed by atoms with van der Waals surface area (Å²) in [6.45, 7) is 2.96. The van der Waals surface area contributed by atoms with Crippen molar-refractivity contribution in [3.05, 3.63) is 65.2 Å². The Balaban J connectivity index is 1.56. The van der Waals surface area contributed by atoms with Crippen LogP contribution in [0, 0.1) is 6.92 Å². The molecule has 34 heavy (non-hydrogen) atoms. The summed E-state index contributed by atoms with van der Waals surface area (Å²) in [7, 11) is -2.69. The molecule has 0 aliphatic carbocycles. The van der Waals surface area contributed by atoms with Gasteiger partial charge in [0.05, 0.1) is 7.11 Å². The van der Waals surface area contributed by atoms with E-state index in [-0.39, 0.29) is 32.6 Å². The lowest BCUT2D eigenvalue weighted by atomic mass is 9.93. The Kier molecular flexibility index (Phi) is 7.02. The zero-order chi connectivity index (χ0) is 24.3. The molecule has 7 nitrogen and oxygen atoms in total. The fraction of sp³-hybridized carbons (Fsp3) is 0.385. The van der Waals surface area contributed by atoms with Crippen molar-refractivity contribution >= 4 is 27.9 Å². The van der Waals surface area contributed by atoms with Crippen molar-refractivity contribution < 1.29 is 27.5 Å². The number of carbonyl (C=O) groups is 2. The van der Waals surface area contributed by atoms with E-state index in [0.717, 1.165) is 34.1 Å². The summed E-state index contributed by atoms with van der Waals surface area (Å²) in [5.41, 5.74) is 5.84. The molecule has 0 N–H and O–H groups in total. The first-order chi connectivity index (χ1) is 16.3. The Morgan fingerprint density at radius 1 is 1.12 bits per heavy atom. The highest BCUT2D eigenvalue weighted by Crippen LogP contribution is 2.36. The van der Waals surface area contributed by atoms with Crippen molar-refractivity contribution in [2.24, 2.45) is 0 Å². The summed E-state index contributed by atoms with van der Waals surface area (Å²) in [6.07, 6.45) is 3.51. The van der Waals surface area contributed by atoms with Crippen LogP contribution in [0.5, 0.6) is 0 Å². The fourth-order valence-corrected chi connectivity index (χ4v) is 6.87. The van der Waals surface area contributed by atoms with Crippen LogP contribution in [0.1, 0.15) is 40.7 Å². The zero-order valence-corrected chi connectivity index (χ0v) is 20.3. The Hall–Kier alpha value is -2.81. The van der Waals surface area contributed by atoms with Crippen molar-refractivity contribution in [1.82, 2.24) is 4.31 Å². The standard InChI is InChI=1S/C26H29NO6S/c1-19-16-22(6-7-24(19)23-5-3-4-20(17-23)18-28)21-8-12-27(13-9-21)34(30,31)26(25(29)32-2)10-14-33-15-11-26/h3-8,16-18H,9-15H2,1-2H3. The molecule has 180 valence electrons. The van der Waals surface area contributed by atoms with Gasteiger partial charge in [-0.05, 0) is 47.2 Å². The van der Waals surface area contributed by atoms with Crippen molar-refractivity contribution in [3.8, 4) is 11.1 Å². The van der Waals surface area contributed by atoms with Gasteiger partial charge in [0.15, 0.2) is 4.75 Å². The van der Waals surface area contributed by atoms with Gasteiger partial charge >= 0.3 is 5.97 Å². The predicted molar refractivity (Wildman–Crippen MR) is 130 cm³/mol. The van der Waals surface area contributed by atoms with E-state index >= 15 is 0 Å². The summed E-state index contributed by atoms with van der Waals surface area (Å²) < 4.78 is 37.1. The van der Waals surface area contributed by atoms with Gasteiger partial charge in [0.2, 0.25) is 10.0 Å². The molecule has 1 fully saturated rings. The van der Waals surface area contributed by atoms with Crippen LogP contribution in [0.15, 0.2) is 48.5 Å². The maximum Gasteiger partial charge on any atom is 0.328 e. The van der Waals surface area contributed by atoms with E-state index in [1.165, 1.54) is 11.4 Å². The SMILES string of the molecule is COC(=O)C1(S(=O)(=O)N2CC=C(c3ccc(-c4cccc(C=O)c4)c(C)c3)CC2)CCOCC1. The molecule has 0 bridgehead atoms. The maximum absolute atomic E-state index is 13.5. The number of ether oxygens (including phenoxy) is 2. The Labute approximate surface area is 200 Å². The van der Waals surface area contributed by atoms with Crippen molar-refractivity contribution in [2.75, 3.05) is 33.4 Å². The molecule has 0 aromatic heterocycles. The minimum atomic E-state index is -3.92. The number of hydrogen-bond acceptors (Lipinski definition) is 6. The van der Waals surface area contributed by atoms with Crippen LogP contribution >= 0.6 is 0 Å². The Bertz CT molecular complexity index is 1230. The molecule has 2 aliphatic heterocycles. The fourth-order valence-electron chi connectivity index (χ4n) is 4.80. The van der Waals surface area contributed by atoms with Gasteiger partial charge in [-0.2, -0.15) is 4.31 Å². The monoisotopic (exact) mass is 483 g/mol. The second kappa shape index (κ2) is 9.82. The van der Waals surface area contributed by atoms with E-state index in [0.29, 0.717) is 18.5 Å². The molecule has 0 atom stereocenters. The molecule has 2 aromatic rings. The first-order valence-corrected chi connectivity index (χ1v) is 12.8. The number of hydrogen-bond donors (Lipinski definition) is 0. The molecule has 1 saturated heterocycles. The van der Waals surface area contributed by atoms with Crippen LogP contribution < -0.4 is 0 Å². The van der Waals surface area contributed by atoms with Gasteiger partial charge < -0.3 is 9.47 Å². The second-order valence-corrected chi connectivity index (χ2v) is 11.0. The average molecular weight is 484 g/mol. The van der Waals surface area contributed by atoms with E-state index < -0.39 is 20.7 Å². The normalized spacial score (nSPS) is 18.7. The van der Waals surface area contributed by atoms with E-state index in [1.54, 1.807) is 6.07 Å². The quantitative estimate of drug-likeness (QED) is 0.461. The molecule has 0 spiro atoms. The third-order valence-electron chi connectivity index (χ3n) is 6.79. The van der Waals surface area contributed by atoms with E-state index in [9.17, 15) is 18.0 Å². The molecule has 4 rings (SSSR count). The lowest BCUT2D eigenvalue weighted by Gasteiger charge is -2.38. The van der Waals surface area contributed by atoms with Gasteiger partial charge in [-0.25, -0.2) is 8.42 Å². The van der Waals surface area contributed by atoms with Gasteiger partial charge in [0, 0.05) is 44.7 Å². The summed E-state index contributed by atoms with van der Waals surface area (Å²) >= 11 is 0. The molecule has 0 unspecified atom stereocenters. The summed E-state index contributed by atoms with van der Waals surface area (Å²) in [5, 5.41) is 0. The lowest BCUT2D eigenvalue weighted by molar-refractivity contribution is -0.146. The Morgan fingerprint density at radius 2 is 1.88 bits per heavy atom. The maximum atomic E-state index is 13.5. The highest BCUT2D eigenvalue weighted by Gasteiger charge is 2.55. The molecule has 2 heterocycles. The van der Waals surface area contributed by atoms with Crippen molar-refractivity contribution in [3.63, 3.8) is 0 Å². The van der Waals surface area contributed by atoms with Crippen LogP contribution in [-0.2, 0) is 24.3 Å². The van der Waals surface area contributed by atoms with Crippen LogP contribution in [0.4, 0.5) is 0 Å². The number of aldehydes is 1. The highest BCUT2D eigenvalue weighted by molar-refractivity contribution is 7.91. The first kappa shape index (κ1) is 24.3. The number of methoxy groups -OCH3 is 1. The first-order valence-electron chi connectivity index (χ1n) is 11.3. The summed E-state index contributed by atoms with van der Waals surface area (Å²) in [4.78, 5) is 23.7. The number of nitrogens with zero attached hydrogens (tertiary/aromatic N) is 1. The summed E-state index contributed by atoms with van der Waals surface area (Å²) in [6, 6.07) is 13.6. The van der Waals surface area contributed by atoms with Crippen LogP contribution in [-0.4, -0.2) is 63.1 Å². The molecule has 2 aliphatic rings. The lowest BCUT2D eigenvalue weighted by Crippen LogP contribution is -2.57. The second-order valence-electron chi connectivity index (χ2n) is 8.71. The molecule has 0 amide bonds. The molecule has 8 heteroatoms. The van der Waals surface area contributed by atoms with Crippen LogP contribution in [0.2, 0.25) is 0 Å². The zero-order valence-electron chi connectivity index (χ0n) is 19.5. The molecule has 0 saturated carbocycles. The third-order valence-corrected chi connectivity index (χ3v) is 9.37. The Morgan fingerprint density at radius 3 is 2.50 bits per heavy atom. The number of sulfonamides is 1. The van der Waals surface area contributed by atoms with E-state index in [2.05, 4.69) is 6.07 Å². The van der Waals surface area contributed by atoms with Crippen molar-refractivity contribution in [1.29, 1.82) is 0 Å². The average Bonchev–Trinajstić information content (AvgIpc) is 2.88. The van der Waals surface area contributed by atoms with E-state index in [4.69, 9.17) is 9.47 Å². The van der Waals surface area contributed by atoms with Gasteiger partial charge in [0.25, 0.3) is 0 Å². The molecular formula is C26H29NO6S. The molecule has 0 radical (unpaired) electrons. The third kappa shape index (κ3) is 4.33. The van der Waals surface area contributed by atoms with Crippen molar-refractivity contribution in [2.45, 2.75) is 30.9 Å². The van der Waals surface area contributed by atoms with Crippen LogP contribution in [0.3, 0.4) is 0 Å². The smallest absolute Gasteiger partial charge is 0.328 e. The highest BCUT2D eigenvalue weighted by atomic mass is 32.2. The van der Waals surface area contributed by atoms with Gasteiger partial charge in [-0.1, -0.05) is 42.5 Å². The largest absolute Gasteiger partial charge is 0.468 e. The number of carbonyl (C=O) groups excluding carboxylic acids is 2. The van der Waals surface area contributed by atoms with Gasteiger partial charge in [-0.3, -0.25) is 9.59 Å². The molecule has 2 aromatic carbocycles. The summed E-state index contributed by atoms with van der Waals surface area (Å²) in [5.74, 6) is -0.713. The number of aryl methyl sites for hydroxylation is 1. The number of rotatable bonds is 6. The minimum absolute atomic E-state index is 0.0983. The van der Waals surface area contributed by atoms with E-state index in [1.807, 2.05) is 43.3 Å². The number of benzene rings is 2. The number of esters is 1. The topological polar surface area (TPSA) is 90.0 Å². The van der Waals surface area contributed by atoms with Gasteiger partial charge in [0.1, 0.15) is 6.29 Å².